The van der Waals surface area contributed by atoms with Gasteiger partial charge < -0.3 is 30.6 Å². The van der Waals surface area contributed by atoms with Crippen LogP contribution in [0.2, 0.25) is 0 Å². The number of rotatable bonds is 8. The molecule has 0 atom stereocenters. The molecule has 146 valence electrons. The topological polar surface area (TPSA) is 104 Å². The fraction of sp³-hybridized carbons (Fsp3) is 0.200. The van der Waals surface area contributed by atoms with Gasteiger partial charge >= 0.3 is 0 Å². The first-order chi connectivity index (χ1) is 13.6. The zero-order valence-electron chi connectivity index (χ0n) is 16.0. The van der Waals surface area contributed by atoms with Gasteiger partial charge in [0.05, 0.1) is 21.3 Å². The summed E-state index contributed by atoms with van der Waals surface area (Å²) in [7, 11) is 4.69. The van der Waals surface area contributed by atoms with Gasteiger partial charge in [0.15, 0.2) is 11.5 Å². The lowest BCUT2D eigenvalue weighted by Gasteiger charge is -2.15. The molecule has 1 aromatic heterocycles. The number of methoxy groups -OCH3 is 3. The summed E-state index contributed by atoms with van der Waals surface area (Å²) < 4.78 is 16.1. The number of nitrogens with two attached hydrogens (primary N) is 1. The molecule has 8 nitrogen and oxygen atoms in total. The molecule has 0 saturated heterocycles. The van der Waals surface area contributed by atoms with Crippen LogP contribution in [0.25, 0.3) is 0 Å². The fourth-order valence-corrected chi connectivity index (χ4v) is 2.71. The minimum Gasteiger partial charge on any atom is -0.493 e. The Hall–Kier alpha value is -3.68. The van der Waals surface area contributed by atoms with E-state index in [9.17, 15) is 0 Å². The Labute approximate surface area is 163 Å². The molecule has 0 amide bonds. The van der Waals surface area contributed by atoms with E-state index in [-0.39, 0.29) is 5.95 Å². The maximum absolute atomic E-state index is 5.87. The maximum Gasteiger partial charge on any atom is 0.223 e. The third kappa shape index (κ3) is 4.53. The van der Waals surface area contributed by atoms with Crippen LogP contribution >= 0.6 is 0 Å². The number of anilines is 4. The lowest BCUT2D eigenvalue weighted by atomic mass is 10.2. The summed E-state index contributed by atoms with van der Waals surface area (Å²) in [6, 6.07) is 15.4. The van der Waals surface area contributed by atoms with Crippen LogP contribution in [-0.2, 0) is 6.54 Å². The molecule has 28 heavy (non-hydrogen) atoms. The van der Waals surface area contributed by atoms with Crippen molar-refractivity contribution in [3.8, 4) is 17.2 Å². The lowest BCUT2D eigenvalue weighted by Crippen LogP contribution is -2.06. The molecule has 2 aromatic carbocycles. The molecule has 0 aliphatic heterocycles. The molecule has 0 spiro atoms. The Balaban J connectivity index is 1.81. The summed E-state index contributed by atoms with van der Waals surface area (Å²) >= 11 is 0. The van der Waals surface area contributed by atoms with Crippen molar-refractivity contribution in [2.24, 2.45) is 0 Å². The number of ether oxygens (including phenoxy) is 3. The number of hydrogen-bond acceptors (Lipinski definition) is 8. The summed E-state index contributed by atoms with van der Waals surface area (Å²) in [6.07, 6.45) is 0. The molecule has 0 radical (unpaired) electrons. The molecule has 3 aromatic rings. The largest absolute Gasteiger partial charge is 0.493 e. The Morgan fingerprint density at radius 1 is 0.857 bits per heavy atom. The molecule has 0 aliphatic rings. The van der Waals surface area contributed by atoms with Crippen molar-refractivity contribution in [2.45, 2.75) is 6.54 Å². The fourth-order valence-electron chi connectivity index (χ4n) is 2.71. The highest BCUT2D eigenvalue weighted by Crippen LogP contribution is 2.40. The van der Waals surface area contributed by atoms with E-state index in [0.717, 1.165) is 5.56 Å². The van der Waals surface area contributed by atoms with E-state index in [2.05, 4.69) is 20.6 Å². The van der Waals surface area contributed by atoms with E-state index in [1.54, 1.807) is 39.5 Å². The highest BCUT2D eigenvalue weighted by Gasteiger charge is 2.14. The highest BCUT2D eigenvalue weighted by molar-refractivity contribution is 5.68. The molecular weight excluding hydrogens is 358 g/mol. The number of nitrogens with one attached hydrogen (secondary N) is 2. The summed E-state index contributed by atoms with van der Waals surface area (Å²) in [6.45, 7) is 0.626. The van der Waals surface area contributed by atoms with Crippen LogP contribution in [0.4, 0.5) is 23.3 Å². The van der Waals surface area contributed by atoms with Gasteiger partial charge in [0.25, 0.3) is 0 Å². The summed E-state index contributed by atoms with van der Waals surface area (Å²) in [4.78, 5) is 8.47. The predicted molar refractivity (Wildman–Crippen MR) is 110 cm³/mol. The summed E-state index contributed by atoms with van der Waals surface area (Å²) in [5.41, 5.74) is 7.72. The van der Waals surface area contributed by atoms with Crippen molar-refractivity contribution in [1.29, 1.82) is 0 Å². The normalized spacial score (nSPS) is 10.2. The lowest BCUT2D eigenvalue weighted by molar-refractivity contribution is 0.324. The average Bonchev–Trinajstić information content (AvgIpc) is 2.71. The van der Waals surface area contributed by atoms with Crippen molar-refractivity contribution in [1.82, 2.24) is 9.97 Å². The van der Waals surface area contributed by atoms with Crippen molar-refractivity contribution in [2.75, 3.05) is 37.7 Å². The Morgan fingerprint density at radius 2 is 1.50 bits per heavy atom. The molecule has 0 bridgehead atoms. The first-order valence-corrected chi connectivity index (χ1v) is 8.62. The molecule has 0 aliphatic carbocycles. The Bertz CT molecular complexity index is 909. The molecule has 0 unspecified atom stereocenters. The monoisotopic (exact) mass is 381 g/mol. The molecule has 4 N–H and O–H groups in total. The number of nitrogens with zero attached hydrogens (tertiary/aromatic N) is 2. The highest BCUT2D eigenvalue weighted by atomic mass is 16.5. The molecule has 1 heterocycles. The van der Waals surface area contributed by atoms with E-state index in [1.165, 1.54) is 0 Å². The van der Waals surface area contributed by atoms with Gasteiger partial charge in [-0.25, -0.2) is 0 Å². The molecular formula is C20H23N5O3. The maximum atomic E-state index is 5.87. The van der Waals surface area contributed by atoms with Crippen molar-refractivity contribution >= 4 is 23.3 Å². The third-order valence-corrected chi connectivity index (χ3v) is 4.00. The van der Waals surface area contributed by atoms with Gasteiger partial charge in [0.1, 0.15) is 11.6 Å². The van der Waals surface area contributed by atoms with Gasteiger partial charge in [-0.05, 0) is 5.56 Å². The number of benzene rings is 2. The van der Waals surface area contributed by atoms with Crippen LogP contribution in [-0.4, -0.2) is 31.3 Å². The zero-order valence-corrected chi connectivity index (χ0v) is 16.0. The smallest absolute Gasteiger partial charge is 0.223 e. The van der Waals surface area contributed by atoms with Gasteiger partial charge in [-0.3, -0.25) is 0 Å². The number of nitrogen functional groups attached to an aromatic ring is 1. The van der Waals surface area contributed by atoms with Crippen LogP contribution in [0.15, 0.2) is 48.5 Å². The standard InChI is InChI=1S/C20H23N5O3/c1-26-15-9-14(10-16(27-2)19(15)28-3)23-18-11-17(24-20(21)25-18)22-12-13-7-5-4-6-8-13/h4-11H,12H2,1-3H3,(H4,21,22,23,24,25). The minimum atomic E-state index is 0.160. The third-order valence-electron chi connectivity index (χ3n) is 4.00. The van der Waals surface area contributed by atoms with Crippen LogP contribution in [0.5, 0.6) is 17.2 Å². The van der Waals surface area contributed by atoms with Gasteiger partial charge in [-0.1, -0.05) is 30.3 Å². The van der Waals surface area contributed by atoms with Crippen LogP contribution in [0, 0.1) is 0 Å². The first kappa shape index (κ1) is 19.1. The molecule has 0 fully saturated rings. The second-order valence-electron chi connectivity index (χ2n) is 5.87. The number of hydrogen-bond donors (Lipinski definition) is 3. The quantitative estimate of drug-likeness (QED) is 0.545. The molecule has 3 rings (SSSR count). The van der Waals surface area contributed by atoms with Crippen molar-refractivity contribution in [3.63, 3.8) is 0 Å². The second-order valence-corrected chi connectivity index (χ2v) is 5.87. The predicted octanol–water partition coefficient (Wildman–Crippen LogP) is 3.44. The van der Waals surface area contributed by atoms with E-state index >= 15 is 0 Å². The first-order valence-electron chi connectivity index (χ1n) is 8.62. The molecule has 0 saturated carbocycles. The second kappa shape index (κ2) is 8.81. The Kier molecular flexibility index (Phi) is 6.01. The Morgan fingerprint density at radius 3 is 2.11 bits per heavy atom. The summed E-state index contributed by atoms with van der Waals surface area (Å²) in [5.74, 6) is 2.90. The SMILES string of the molecule is COc1cc(Nc2cc(NCc3ccccc3)nc(N)n2)cc(OC)c1OC. The van der Waals surface area contributed by atoms with Crippen LogP contribution in [0.3, 0.4) is 0 Å². The van der Waals surface area contributed by atoms with Crippen LogP contribution < -0.4 is 30.6 Å². The van der Waals surface area contributed by atoms with Crippen LogP contribution in [0.1, 0.15) is 5.56 Å². The van der Waals surface area contributed by atoms with Crippen molar-refractivity contribution < 1.29 is 14.2 Å². The van der Waals surface area contributed by atoms with Gasteiger partial charge in [-0.15, -0.1) is 0 Å². The van der Waals surface area contributed by atoms with E-state index in [1.807, 2.05) is 30.3 Å². The van der Waals surface area contributed by atoms with E-state index in [0.29, 0.717) is 41.1 Å². The summed E-state index contributed by atoms with van der Waals surface area (Å²) in [5, 5.41) is 6.45. The average molecular weight is 381 g/mol. The van der Waals surface area contributed by atoms with Gasteiger partial charge in [0, 0.05) is 30.4 Å². The molecule has 8 heteroatoms. The number of aromatic nitrogens is 2. The van der Waals surface area contributed by atoms with Crippen molar-refractivity contribution in [3.05, 3.63) is 54.1 Å². The minimum absolute atomic E-state index is 0.160. The van der Waals surface area contributed by atoms with E-state index in [4.69, 9.17) is 19.9 Å². The zero-order chi connectivity index (χ0) is 19.9. The van der Waals surface area contributed by atoms with Gasteiger partial charge in [0.2, 0.25) is 11.7 Å². The van der Waals surface area contributed by atoms with E-state index < -0.39 is 0 Å². The van der Waals surface area contributed by atoms with Gasteiger partial charge in [-0.2, -0.15) is 9.97 Å².